The molecule has 9 heteroatoms. The monoisotopic (exact) mass is 424 g/mol. The van der Waals surface area contributed by atoms with Crippen LogP contribution in [0.15, 0.2) is 42.5 Å². The fraction of sp³-hybridized carbons (Fsp3) is 0.211. The number of ether oxygens (including phenoxy) is 1. The fourth-order valence-electron chi connectivity index (χ4n) is 2.77. The number of nitrogens with zero attached hydrogens (tertiary/aromatic N) is 1. The van der Waals surface area contributed by atoms with Crippen LogP contribution in [0.3, 0.4) is 0 Å². The summed E-state index contributed by atoms with van der Waals surface area (Å²) in [4.78, 5) is 37.7. The summed E-state index contributed by atoms with van der Waals surface area (Å²) in [6, 6.07) is 9.97. The summed E-state index contributed by atoms with van der Waals surface area (Å²) < 4.78 is 18.0. The molecule has 0 spiro atoms. The van der Waals surface area contributed by atoms with Gasteiger partial charge in [-0.1, -0.05) is 23.2 Å². The standard InChI is InChI=1S/C19H15Cl2FN2O4/c20-12-1-6-15(21)16(8-12)23-17(25)10-28-19(27)11-7-18(26)24(9-11)14-4-2-13(22)3-5-14/h1-6,8,11H,7,9-10H2,(H,23,25)/t11-/m1/s1. The Labute approximate surface area is 170 Å². The van der Waals surface area contributed by atoms with Gasteiger partial charge >= 0.3 is 5.97 Å². The van der Waals surface area contributed by atoms with Gasteiger partial charge in [-0.15, -0.1) is 0 Å². The molecule has 1 saturated heterocycles. The van der Waals surface area contributed by atoms with E-state index in [1.54, 1.807) is 6.07 Å². The van der Waals surface area contributed by atoms with Gasteiger partial charge in [-0.3, -0.25) is 14.4 Å². The molecule has 1 heterocycles. The van der Waals surface area contributed by atoms with Crippen LogP contribution in [0.5, 0.6) is 0 Å². The number of nitrogens with one attached hydrogen (secondary N) is 1. The van der Waals surface area contributed by atoms with Gasteiger partial charge in [-0.05, 0) is 42.5 Å². The van der Waals surface area contributed by atoms with Crippen molar-refractivity contribution in [3.63, 3.8) is 0 Å². The summed E-state index contributed by atoms with van der Waals surface area (Å²) in [5, 5.41) is 3.18. The van der Waals surface area contributed by atoms with E-state index in [2.05, 4.69) is 5.32 Å². The molecule has 0 bridgehead atoms. The highest BCUT2D eigenvalue weighted by atomic mass is 35.5. The first-order valence-corrected chi connectivity index (χ1v) is 9.06. The van der Waals surface area contributed by atoms with Crippen LogP contribution in [0.2, 0.25) is 10.0 Å². The van der Waals surface area contributed by atoms with Crippen LogP contribution < -0.4 is 10.2 Å². The van der Waals surface area contributed by atoms with Crippen LogP contribution in [-0.4, -0.2) is 30.9 Å². The van der Waals surface area contributed by atoms with E-state index < -0.39 is 30.2 Å². The van der Waals surface area contributed by atoms with Gasteiger partial charge in [0.05, 0.1) is 16.6 Å². The number of benzene rings is 2. The number of esters is 1. The van der Waals surface area contributed by atoms with Gasteiger partial charge in [-0.25, -0.2) is 4.39 Å². The van der Waals surface area contributed by atoms with Crippen LogP contribution in [0.1, 0.15) is 6.42 Å². The Morgan fingerprint density at radius 3 is 2.61 bits per heavy atom. The van der Waals surface area contributed by atoms with Gasteiger partial charge in [0.25, 0.3) is 5.91 Å². The fourth-order valence-corrected chi connectivity index (χ4v) is 3.11. The molecule has 1 fully saturated rings. The van der Waals surface area contributed by atoms with E-state index in [1.807, 2.05) is 0 Å². The predicted molar refractivity (Wildman–Crippen MR) is 103 cm³/mol. The molecule has 1 aliphatic heterocycles. The van der Waals surface area contributed by atoms with E-state index in [9.17, 15) is 18.8 Å². The van der Waals surface area contributed by atoms with Crippen molar-refractivity contribution in [1.82, 2.24) is 0 Å². The Hall–Kier alpha value is -2.64. The summed E-state index contributed by atoms with van der Waals surface area (Å²) in [7, 11) is 0. The molecule has 28 heavy (non-hydrogen) atoms. The third-order valence-electron chi connectivity index (χ3n) is 4.14. The van der Waals surface area contributed by atoms with Gasteiger partial charge < -0.3 is 15.0 Å². The number of amides is 2. The number of halogens is 3. The molecule has 6 nitrogen and oxygen atoms in total. The Kier molecular flexibility index (Phi) is 6.16. The number of hydrogen-bond acceptors (Lipinski definition) is 4. The van der Waals surface area contributed by atoms with E-state index in [-0.39, 0.29) is 18.9 Å². The maximum Gasteiger partial charge on any atom is 0.311 e. The largest absolute Gasteiger partial charge is 0.455 e. The second kappa shape index (κ2) is 8.58. The lowest BCUT2D eigenvalue weighted by Crippen LogP contribution is -2.28. The highest BCUT2D eigenvalue weighted by molar-refractivity contribution is 6.35. The zero-order chi connectivity index (χ0) is 20.3. The van der Waals surface area contributed by atoms with E-state index in [1.165, 1.54) is 41.3 Å². The molecule has 1 aliphatic rings. The average Bonchev–Trinajstić information content (AvgIpc) is 3.05. The van der Waals surface area contributed by atoms with E-state index in [0.29, 0.717) is 21.4 Å². The van der Waals surface area contributed by atoms with Crippen molar-refractivity contribution in [2.75, 3.05) is 23.4 Å². The van der Waals surface area contributed by atoms with Gasteiger partial charge in [0.15, 0.2) is 6.61 Å². The van der Waals surface area contributed by atoms with Crippen LogP contribution >= 0.6 is 23.2 Å². The SMILES string of the molecule is O=C(COC(=O)[C@@H]1CC(=O)N(c2ccc(F)cc2)C1)Nc1cc(Cl)ccc1Cl. The maximum absolute atomic E-state index is 13.0. The Balaban J connectivity index is 1.53. The van der Waals surface area contributed by atoms with Gasteiger partial charge in [0.2, 0.25) is 5.91 Å². The van der Waals surface area contributed by atoms with Crippen molar-refractivity contribution < 1.29 is 23.5 Å². The third-order valence-corrected chi connectivity index (χ3v) is 4.71. The van der Waals surface area contributed by atoms with Crippen LogP contribution in [0.25, 0.3) is 0 Å². The molecule has 1 atom stereocenters. The second-order valence-corrected chi connectivity index (χ2v) is 7.01. The van der Waals surface area contributed by atoms with E-state index in [4.69, 9.17) is 27.9 Å². The number of anilines is 2. The summed E-state index contributed by atoms with van der Waals surface area (Å²) in [5.74, 6) is -2.65. The molecule has 2 aromatic rings. The number of carbonyl (C=O) groups is 3. The highest BCUT2D eigenvalue weighted by Crippen LogP contribution is 2.27. The molecule has 2 amide bonds. The minimum Gasteiger partial charge on any atom is -0.455 e. The van der Waals surface area contributed by atoms with Crippen molar-refractivity contribution in [1.29, 1.82) is 0 Å². The minimum atomic E-state index is -0.708. The van der Waals surface area contributed by atoms with Crippen molar-refractivity contribution in [2.24, 2.45) is 5.92 Å². The first-order chi connectivity index (χ1) is 13.3. The van der Waals surface area contributed by atoms with Gasteiger partial charge in [0.1, 0.15) is 5.82 Å². The summed E-state index contributed by atoms with van der Waals surface area (Å²) in [5.41, 5.74) is 0.795. The average molecular weight is 425 g/mol. The Morgan fingerprint density at radius 1 is 1.18 bits per heavy atom. The predicted octanol–water partition coefficient (Wildman–Crippen LogP) is 3.67. The molecule has 3 rings (SSSR count). The topological polar surface area (TPSA) is 75.7 Å². The molecule has 0 unspecified atom stereocenters. The minimum absolute atomic E-state index is 0.0437. The molecule has 146 valence electrons. The molecule has 2 aromatic carbocycles. The smallest absolute Gasteiger partial charge is 0.311 e. The number of rotatable bonds is 5. The zero-order valence-corrected chi connectivity index (χ0v) is 16.0. The quantitative estimate of drug-likeness (QED) is 0.742. The molecule has 0 aromatic heterocycles. The molecule has 0 radical (unpaired) electrons. The molecule has 0 saturated carbocycles. The Bertz CT molecular complexity index is 921. The normalized spacial score (nSPS) is 16.2. The lowest BCUT2D eigenvalue weighted by Gasteiger charge is -2.16. The summed E-state index contributed by atoms with van der Waals surface area (Å²) in [6.45, 7) is -0.423. The molecule has 1 N–H and O–H groups in total. The van der Waals surface area contributed by atoms with Crippen LogP contribution in [0, 0.1) is 11.7 Å². The molecular weight excluding hydrogens is 410 g/mol. The van der Waals surface area contributed by atoms with Gasteiger partial charge in [0, 0.05) is 23.7 Å². The summed E-state index contributed by atoms with van der Waals surface area (Å²) in [6.07, 6.45) is -0.0437. The van der Waals surface area contributed by atoms with E-state index >= 15 is 0 Å². The lowest BCUT2D eigenvalue weighted by atomic mass is 10.1. The summed E-state index contributed by atoms with van der Waals surface area (Å²) >= 11 is 11.8. The highest BCUT2D eigenvalue weighted by Gasteiger charge is 2.36. The van der Waals surface area contributed by atoms with E-state index in [0.717, 1.165) is 0 Å². The first kappa shape index (κ1) is 20.1. The van der Waals surface area contributed by atoms with Crippen molar-refractivity contribution >= 4 is 52.4 Å². The van der Waals surface area contributed by atoms with Crippen molar-refractivity contribution in [3.05, 3.63) is 58.3 Å². The van der Waals surface area contributed by atoms with Crippen molar-refractivity contribution in [2.45, 2.75) is 6.42 Å². The molecule has 0 aliphatic carbocycles. The van der Waals surface area contributed by atoms with Gasteiger partial charge in [-0.2, -0.15) is 0 Å². The zero-order valence-electron chi connectivity index (χ0n) is 14.5. The molecular formula is C19H15Cl2FN2O4. The number of carbonyl (C=O) groups excluding carboxylic acids is 3. The lowest BCUT2D eigenvalue weighted by molar-refractivity contribution is -0.151. The Morgan fingerprint density at radius 2 is 1.89 bits per heavy atom. The first-order valence-electron chi connectivity index (χ1n) is 8.31. The van der Waals surface area contributed by atoms with Crippen LogP contribution in [0.4, 0.5) is 15.8 Å². The number of hydrogen-bond donors (Lipinski definition) is 1. The third kappa shape index (κ3) is 4.79. The van der Waals surface area contributed by atoms with Crippen molar-refractivity contribution in [3.8, 4) is 0 Å². The maximum atomic E-state index is 13.0. The van der Waals surface area contributed by atoms with Crippen LogP contribution in [-0.2, 0) is 19.1 Å². The second-order valence-electron chi connectivity index (χ2n) is 6.16.